The smallest absolute Gasteiger partial charge is 0.243 e. The number of aromatic nitrogens is 3. The number of nitrogens with zero attached hydrogens (tertiary/aromatic N) is 3. The maximum absolute atomic E-state index is 6.04. The molecule has 0 amide bonds. The van der Waals surface area contributed by atoms with Crippen LogP contribution in [0.15, 0.2) is 9.90 Å². The number of hydrogen-bond donors (Lipinski definition) is 1. The third-order valence-electron chi connectivity index (χ3n) is 3.06. The first kappa shape index (κ1) is 11.8. The molecule has 18 heavy (non-hydrogen) atoms. The second-order valence-electron chi connectivity index (χ2n) is 4.89. The third kappa shape index (κ3) is 2.76. The first-order chi connectivity index (χ1) is 8.70. The van der Waals surface area contributed by atoms with E-state index in [4.69, 9.17) is 10.3 Å². The first-order valence-electron chi connectivity index (χ1n) is 6.20. The van der Waals surface area contributed by atoms with Gasteiger partial charge < -0.3 is 10.3 Å². The molecule has 0 aliphatic heterocycles. The Morgan fingerprint density at radius 2 is 2.33 bits per heavy atom. The maximum Gasteiger partial charge on any atom is 0.243 e. The highest BCUT2D eigenvalue weighted by Gasteiger charge is 2.27. The fourth-order valence-corrected chi connectivity index (χ4v) is 2.69. The minimum atomic E-state index is -0.114. The monoisotopic (exact) mass is 264 g/mol. The summed E-state index contributed by atoms with van der Waals surface area (Å²) in [5.74, 6) is 1.99. The Bertz CT molecular complexity index is 532. The van der Waals surface area contributed by atoms with Gasteiger partial charge in [-0.2, -0.15) is 4.98 Å². The van der Waals surface area contributed by atoms with Crippen LogP contribution < -0.4 is 5.73 Å². The van der Waals surface area contributed by atoms with Gasteiger partial charge in [0.25, 0.3) is 0 Å². The van der Waals surface area contributed by atoms with E-state index < -0.39 is 0 Å². The van der Waals surface area contributed by atoms with Gasteiger partial charge in [-0.25, -0.2) is 4.98 Å². The van der Waals surface area contributed by atoms with Crippen LogP contribution in [-0.4, -0.2) is 15.1 Å². The number of thiazole rings is 1. The summed E-state index contributed by atoms with van der Waals surface area (Å²) in [4.78, 5) is 8.74. The van der Waals surface area contributed by atoms with Gasteiger partial charge in [-0.3, -0.25) is 0 Å². The largest absolute Gasteiger partial charge is 0.338 e. The van der Waals surface area contributed by atoms with E-state index in [2.05, 4.69) is 15.1 Å². The molecule has 1 saturated carbocycles. The summed E-state index contributed by atoms with van der Waals surface area (Å²) >= 11 is 1.62. The summed E-state index contributed by atoms with van der Waals surface area (Å²) in [6.07, 6.45) is 4.15. The van der Waals surface area contributed by atoms with Crippen LogP contribution in [0.25, 0.3) is 0 Å². The second kappa shape index (κ2) is 4.78. The Labute approximate surface area is 109 Å². The van der Waals surface area contributed by atoms with Crippen LogP contribution in [-0.2, 0) is 6.42 Å². The van der Waals surface area contributed by atoms with E-state index in [1.165, 1.54) is 12.8 Å². The van der Waals surface area contributed by atoms with Crippen molar-refractivity contribution in [3.63, 3.8) is 0 Å². The molecule has 96 valence electrons. The van der Waals surface area contributed by atoms with Gasteiger partial charge in [-0.15, -0.1) is 11.3 Å². The standard InChI is InChI=1S/C12H16N4OS/c1-7-6-18-11(14-7)5-10-15-12(17-16-10)9(13)4-8-2-3-8/h6,8-9H,2-5,13H2,1H3. The van der Waals surface area contributed by atoms with Gasteiger partial charge >= 0.3 is 0 Å². The van der Waals surface area contributed by atoms with E-state index in [-0.39, 0.29) is 6.04 Å². The van der Waals surface area contributed by atoms with Crippen molar-refractivity contribution in [1.82, 2.24) is 15.1 Å². The molecule has 2 aromatic heterocycles. The van der Waals surface area contributed by atoms with E-state index in [1.807, 2.05) is 12.3 Å². The molecule has 0 radical (unpaired) electrons. The zero-order valence-corrected chi connectivity index (χ0v) is 11.1. The summed E-state index contributed by atoms with van der Waals surface area (Å²) in [6, 6.07) is -0.114. The molecule has 1 aliphatic rings. The van der Waals surface area contributed by atoms with E-state index in [0.29, 0.717) is 18.1 Å². The highest BCUT2D eigenvalue weighted by molar-refractivity contribution is 7.09. The minimum Gasteiger partial charge on any atom is -0.338 e. The molecule has 5 nitrogen and oxygen atoms in total. The van der Waals surface area contributed by atoms with Crippen molar-refractivity contribution < 1.29 is 4.52 Å². The van der Waals surface area contributed by atoms with Gasteiger partial charge in [0.15, 0.2) is 5.82 Å². The lowest BCUT2D eigenvalue weighted by Crippen LogP contribution is -2.11. The molecule has 1 unspecified atom stereocenters. The molecule has 6 heteroatoms. The lowest BCUT2D eigenvalue weighted by Gasteiger charge is -2.03. The van der Waals surface area contributed by atoms with Crippen LogP contribution in [0, 0.1) is 12.8 Å². The summed E-state index contributed by atoms with van der Waals surface area (Å²) < 4.78 is 5.22. The van der Waals surface area contributed by atoms with Crippen LogP contribution >= 0.6 is 11.3 Å². The molecule has 2 heterocycles. The number of hydrogen-bond acceptors (Lipinski definition) is 6. The Kier molecular flexibility index (Phi) is 3.13. The summed E-state index contributed by atoms with van der Waals surface area (Å²) in [5.41, 5.74) is 7.07. The van der Waals surface area contributed by atoms with Crippen molar-refractivity contribution >= 4 is 11.3 Å². The quantitative estimate of drug-likeness (QED) is 0.896. The zero-order valence-electron chi connectivity index (χ0n) is 10.3. The van der Waals surface area contributed by atoms with Crippen molar-refractivity contribution in [2.24, 2.45) is 11.7 Å². The lowest BCUT2D eigenvalue weighted by molar-refractivity contribution is 0.341. The fourth-order valence-electron chi connectivity index (χ4n) is 1.92. The molecular weight excluding hydrogens is 248 g/mol. The molecule has 2 aromatic rings. The van der Waals surface area contributed by atoms with Crippen molar-refractivity contribution in [3.05, 3.63) is 27.8 Å². The van der Waals surface area contributed by atoms with Crippen LogP contribution in [0.3, 0.4) is 0 Å². The van der Waals surface area contributed by atoms with Gasteiger partial charge in [0.2, 0.25) is 5.89 Å². The minimum absolute atomic E-state index is 0.114. The van der Waals surface area contributed by atoms with Crippen LogP contribution in [0.1, 0.15) is 47.7 Å². The predicted molar refractivity (Wildman–Crippen MR) is 68.2 cm³/mol. The Balaban J connectivity index is 1.64. The number of rotatable bonds is 5. The number of nitrogens with two attached hydrogens (primary N) is 1. The van der Waals surface area contributed by atoms with Crippen molar-refractivity contribution in [2.75, 3.05) is 0 Å². The molecule has 3 rings (SSSR count). The molecule has 0 aromatic carbocycles. The lowest BCUT2D eigenvalue weighted by atomic mass is 10.1. The molecule has 0 bridgehead atoms. The second-order valence-corrected chi connectivity index (χ2v) is 5.84. The van der Waals surface area contributed by atoms with E-state index >= 15 is 0 Å². The van der Waals surface area contributed by atoms with E-state index in [9.17, 15) is 0 Å². The molecule has 1 atom stereocenters. The fraction of sp³-hybridized carbons (Fsp3) is 0.583. The molecule has 1 aliphatic carbocycles. The van der Waals surface area contributed by atoms with E-state index in [0.717, 1.165) is 23.0 Å². The normalized spacial score (nSPS) is 17.0. The third-order valence-corrected chi connectivity index (χ3v) is 4.03. The maximum atomic E-state index is 6.04. The van der Waals surface area contributed by atoms with Crippen LogP contribution in [0.4, 0.5) is 0 Å². The molecular formula is C12H16N4OS. The molecule has 0 spiro atoms. The highest BCUT2D eigenvalue weighted by Crippen LogP contribution is 2.36. The van der Waals surface area contributed by atoms with Gasteiger partial charge in [-0.05, 0) is 19.3 Å². The average Bonchev–Trinajstić information content (AvgIpc) is 2.87. The van der Waals surface area contributed by atoms with E-state index in [1.54, 1.807) is 11.3 Å². The topological polar surface area (TPSA) is 77.8 Å². The summed E-state index contributed by atoms with van der Waals surface area (Å²) in [6.45, 7) is 1.98. The Hall–Kier alpha value is -1.27. The van der Waals surface area contributed by atoms with Crippen LogP contribution in [0.5, 0.6) is 0 Å². The predicted octanol–water partition coefficient (Wildman–Crippen LogP) is 2.23. The highest BCUT2D eigenvalue weighted by atomic mass is 32.1. The molecule has 0 saturated heterocycles. The zero-order chi connectivity index (χ0) is 12.5. The van der Waals surface area contributed by atoms with Crippen molar-refractivity contribution in [3.8, 4) is 0 Å². The first-order valence-corrected chi connectivity index (χ1v) is 7.07. The Morgan fingerprint density at radius 3 is 3.00 bits per heavy atom. The summed E-state index contributed by atoms with van der Waals surface area (Å²) in [7, 11) is 0. The average molecular weight is 264 g/mol. The number of aryl methyl sites for hydroxylation is 1. The SMILES string of the molecule is Cc1csc(Cc2noc(C(N)CC3CC3)n2)n1. The van der Waals surface area contributed by atoms with Crippen LogP contribution in [0.2, 0.25) is 0 Å². The molecule has 1 fully saturated rings. The van der Waals surface area contributed by atoms with Crippen molar-refractivity contribution in [2.45, 2.75) is 38.6 Å². The van der Waals surface area contributed by atoms with Gasteiger partial charge in [0.05, 0.1) is 12.5 Å². The van der Waals surface area contributed by atoms with Crippen molar-refractivity contribution in [1.29, 1.82) is 0 Å². The summed E-state index contributed by atoms with van der Waals surface area (Å²) in [5, 5.41) is 7.00. The van der Waals surface area contributed by atoms with Gasteiger partial charge in [0.1, 0.15) is 5.01 Å². The van der Waals surface area contributed by atoms with Gasteiger partial charge in [0, 0.05) is 11.1 Å². The molecule has 2 N–H and O–H groups in total. The Morgan fingerprint density at radius 1 is 1.50 bits per heavy atom. The van der Waals surface area contributed by atoms with Gasteiger partial charge in [-0.1, -0.05) is 18.0 Å².